The second kappa shape index (κ2) is 4.70. The summed E-state index contributed by atoms with van der Waals surface area (Å²) in [5.41, 5.74) is 2.42. The summed E-state index contributed by atoms with van der Waals surface area (Å²) in [6, 6.07) is 10.8. The van der Waals surface area contributed by atoms with Gasteiger partial charge in [-0.25, -0.2) is 0 Å². The molecule has 100 valence electrons. The Balaban J connectivity index is 1.77. The van der Waals surface area contributed by atoms with Crippen molar-refractivity contribution < 1.29 is 0 Å². The van der Waals surface area contributed by atoms with Gasteiger partial charge in [0.05, 0.1) is 0 Å². The fourth-order valence-electron chi connectivity index (χ4n) is 3.19. The maximum atomic E-state index is 3.66. The van der Waals surface area contributed by atoms with Crippen molar-refractivity contribution in [2.75, 3.05) is 13.1 Å². The third kappa shape index (κ3) is 2.33. The van der Waals surface area contributed by atoms with Gasteiger partial charge < -0.3 is 5.32 Å². The smallest absolute Gasteiger partial charge is 0.00176 e. The van der Waals surface area contributed by atoms with Crippen LogP contribution in [0.2, 0.25) is 0 Å². The van der Waals surface area contributed by atoms with Crippen molar-refractivity contribution in [3.05, 3.63) is 35.9 Å². The lowest BCUT2D eigenvalue weighted by Crippen LogP contribution is -2.24. The molecule has 0 aromatic heterocycles. The van der Waals surface area contributed by atoms with E-state index in [1.165, 1.54) is 5.56 Å². The molecule has 1 saturated carbocycles. The average Bonchev–Trinajstić information content (AvgIpc) is 2.72. The van der Waals surface area contributed by atoms with E-state index < -0.39 is 0 Å². The third-order valence-corrected chi connectivity index (χ3v) is 5.49. The van der Waals surface area contributed by atoms with Gasteiger partial charge in [-0.05, 0) is 34.8 Å². The van der Waals surface area contributed by atoms with E-state index in [2.05, 4.69) is 70.3 Å². The Morgan fingerprint density at radius 1 is 1.06 bits per heavy atom. The maximum Gasteiger partial charge on any atom is 0.00176 e. The quantitative estimate of drug-likeness (QED) is 0.825. The lowest BCUT2D eigenvalue weighted by molar-refractivity contribution is 0.457. The van der Waals surface area contributed by atoms with Gasteiger partial charge in [-0.1, -0.05) is 65.0 Å². The van der Waals surface area contributed by atoms with Crippen LogP contribution in [-0.4, -0.2) is 13.1 Å². The summed E-state index contributed by atoms with van der Waals surface area (Å²) in [6.07, 6.45) is 0. The topological polar surface area (TPSA) is 12.0 Å². The van der Waals surface area contributed by atoms with Gasteiger partial charge in [0.2, 0.25) is 0 Å². The monoisotopic (exact) mass is 245 g/mol. The Hall–Kier alpha value is -0.820. The van der Waals surface area contributed by atoms with Crippen molar-refractivity contribution >= 4 is 0 Å². The Morgan fingerprint density at radius 3 is 2.11 bits per heavy atom. The minimum atomic E-state index is 0.496. The molecule has 1 aromatic carbocycles. The highest BCUT2D eigenvalue weighted by Crippen LogP contribution is 2.67. The molecular formula is C17H27N. The molecule has 0 radical (unpaired) electrons. The number of benzene rings is 1. The normalized spacial score (nSPS) is 22.7. The van der Waals surface area contributed by atoms with Gasteiger partial charge in [0.15, 0.2) is 0 Å². The van der Waals surface area contributed by atoms with E-state index in [0.29, 0.717) is 16.7 Å². The zero-order chi connectivity index (χ0) is 13.4. The van der Waals surface area contributed by atoms with Crippen LogP contribution in [0.4, 0.5) is 0 Å². The lowest BCUT2D eigenvalue weighted by atomic mass is 10.0. The number of hydrogen-bond acceptors (Lipinski definition) is 1. The van der Waals surface area contributed by atoms with Crippen LogP contribution in [0.3, 0.4) is 0 Å². The zero-order valence-corrected chi connectivity index (χ0v) is 12.5. The van der Waals surface area contributed by atoms with Crippen molar-refractivity contribution in [3.63, 3.8) is 0 Å². The van der Waals surface area contributed by atoms with Crippen LogP contribution in [0.25, 0.3) is 0 Å². The van der Waals surface area contributed by atoms with E-state index in [1.54, 1.807) is 0 Å². The lowest BCUT2D eigenvalue weighted by Gasteiger charge is -2.13. The summed E-state index contributed by atoms with van der Waals surface area (Å²) in [4.78, 5) is 0. The van der Waals surface area contributed by atoms with E-state index in [-0.39, 0.29) is 0 Å². The highest BCUT2D eigenvalue weighted by Gasteiger charge is 2.63. The van der Waals surface area contributed by atoms with E-state index in [1.807, 2.05) is 0 Å². The predicted octanol–water partition coefficient (Wildman–Crippen LogP) is 4.06. The molecule has 0 spiro atoms. The fraction of sp³-hybridized carbons (Fsp3) is 0.647. The number of rotatable bonds is 5. The molecule has 0 bridgehead atoms. The SMILES string of the molecule is CC(CNCC1C(C)(C)C1(C)C)c1ccccc1. The standard InChI is InChI=1S/C17H27N/c1-13(14-9-7-6-8-10-14)11-18-12-15-16(2,3)17(15,4)5/h6-10,13,15,18H,11-12H2,1-5H3. The van der Waals surface area contributed by atoms with Gasteiger partial charge >= 0.3 is 0 Å². The minimum absolute atomic E-state index is 0.496. The molecule has 0 heterocycles. The van der Waals surface area contributed by atoms with Gasteiger partial charge in [0, 0.05) is 6.54 Å². The summed E-state index contributed by atoms with van der Waals surface area (Å²) in [6.45, 7) is 14.1. The van der Waals surface area contributed by atoms with Crippen molar-refractivity contribution in [3.8, 4) is 0 Å². The summed E-state index contributed by atoms with van der Waals surface area (Å²) in [5.74, 6) is 1.41. The molecule has 1 fully saturated rings. The Labute approximate surface area is 112 Å². The molecule has 1 aliphatic rings. The van der Waals surface area contributed by atoms with E-state index in [9.17, 15) is 0 Å². The summed E-state index contributed by atoms with van der Waals surface area (Å²) in [5, 5.41) is 3.66. The summed E-state index contributed by atoms with van der Waals surface area (Å²) < 4.78 is 0. The Kier molecular flexibility index (Phi) is 3.55. The summed E-state index contributed by atoms with van der Waals surface area (Å²) >= 11 is 0. The highest BCUT2D eigenvalue weighted by molar-refractivity contribution is 5.19. The molecule has 2 rings (SSSR count). The van der Waals surface area contributed by atoms with Crippen molar-refractivity contribution in [2.24, 2.45) is 16.7 Å². The van der Waals surface area contributed by atoms with Crippen LogP contribution >= 0.6 is 0 Å². The van der Waals surface area contributed by atoms with Crippen molar-refractivity contribution in [2.45, 2.75) is 40.5 Å². The molecule has 0 amide bonds. The third-order valence-electron chi connectivity index (χ3n) is 5.49. The Morgan fingerprint density at radius 2 is 1.61 bits per heavy atom. The van der Waals surface area contributed by atoms with Crippen LogP contribution in [-0.2, 0) is 0 Å². The van der Waals surface area contributed by atoms with E-state index in [0.717, 1.165) is 19.0 Å². The van der Waals surface area contributed by atoms with Gasteiger partial charge in [0.25, 0.3) is 0 Å². The largest absolute Gasteiger partial charge is 0.316 e. The maximum absolute atomic E-state index is 3.66. The molecule has 0 saturated heterocycles. The van der Waals surface area contributed by atoms with Crippen molar-refractivity contribution in [1.29, 1.82) is 0 Å². The number of nitrogens with one attached hydrogen (secondary N) is 1. The van der Waals surface area contributed by atoms with Crippen LogP contribution in [0, 0.1) is 16.7 Å². The van der Waals surface area contributed by atoms with Gasteiger partial charge in [-0.2, -0.15) is 0 Å². The molecule has 0 aliphatic heterocycles. The first kappa shape index (κ1) is 13.6. The minimum Gasteiger partial charge on any atom is -0.316 e. The summed E-state index contributed by atoms with van der Waals surface area (Å²) in [7, 11) is 0. The second-order valence-corrected chi connectivity index (χ2v) is 6.97. The molecule has 1 aliphatic carbocycles. The van der Waals surface area contributed by atoms with Crippen LogP contribution in [0.1, 0.15) is 46.1 Å². The highest BCUT2D eigenvalue weighted by atomic mass is 14.9. The van der Waals surface area contributed by atoms with E-state index in [4.69, 9.17) is 0 Å². The molecule has 1 aromatic rings. The first-order chi connectivity index (χ1) is 8.37. The average molecular weight is 245 g/mol. The fourth-order valence-corrected chi connectivity index (χ4v) is 3.19. The molecule has 1 heteroatoms. The Bertz CT molecular complexity index is 377. The van der Waals surface area contributed by atoms with Crippen LogP contribution < -0.4 is 5.32 Å². The molecule has 1 nitrogen and oxygen atoms in total. The van der Waals surface area contributed by atoms with E-state index >= 15 is 0 Å². The molecule has 1 N–H and O–H groups in total. The molecule has 1 atom stereocenters. The van der Waals surface area contributed by atoms with Crippen LogP contribution in [0.15, 0.2) is 30.3 Å². The predicted molar refractivity (Wildman–Crippen MR) is 78.8 cm³/mol. The van der Waals surface area contributed by atoms with Crippen LogP contribution in [0.5, 0.6) is 0 Å². The van der Waals surface area contributed by atoms with Gasteiger partial charge in [-0.15, -0.1) is 0 Å². The molecular weight excluding hydrogens is 218 g/mol. The first-order valence-corrected chi connectivity index (χ1v) is 7.13. The van der Waals surface area contributed by atoms with Gasteiger partial charge in [-0.3, -0.25) is 0 Å². The molecule has 18 heavy (non-hydrogen) atoms. The number of hydrogen-bond donors (Lipinski definition) is 1. The molecule has 1 unspecified atom stereocenters. The second-order valence-electron chi connectivity index (χ2n) is 6.97. The van der Waals surface area contributed by atoms with Crippen molar-refractivity contribution in [1.82, 2.24) is 5.32 Å². The zero-order valence-electron chi connectivity index (χ0n) is 12.5. The first-order valence-electron chi connectivity index (χ1n) is 7.13. The van der Waals surface area contributed by atoms with Gasteiger partial charge in [0.1, 0.15) is 0 Å².